The van der Waals surface area contributed by atoms with Crippen molar-refractivity contribution in [2.75, 3.05) is 11.1 Å². The zero-order chi connectivity index (χ0) is 12.4. The first-order valence-corrected chi connectivity index (χ1v) is 7.21. The second-order valence-corrected chi connectivity index (χ2v) is 6.11. The van der Waals surface area contributed by atoms with Gasteiger partial charge in [0.1, 0.15) is 0 Å². The Balaban J connectivity index is 2.34. The summed E-state index contributed by atoms with van der Waals surface area (Å²) in [6.45, 7) is 0. The summed E-state index contributed by atoms with van der Waals surface area (Å²) in [7, 11) is 0. The van der Waals surface area contributed by atoms with Gasteiger partial charge < -0.3 is 11.1 Å². The molecule has 0 spiro atoms. The monoisotopic (exact) mass is 418 g/mol. The maximum Gasteiger partial charge on any atom is 0.0540 e. The van der Waals surface area contributed by atoms with E-state index in [1.165, 1.54) is 0 Å². The van der Waals surface area contributed by atoms with Crippen molar-refractivity contribution < 1.29 is 0 Å². The minimum Gasteiger partial charge on any atom is -0.399 e. The highest BCUT2D eigenvalue weighted by molar-refractivity contribution is 9.11. The standard InChI is InChI=1S/C12H9Br3N2/c13-7-1-3-9(14)12(5-7)17-11-4-2-8(16)6-10(11)15/h1-6,17H,16H2. The molecule has 2 nitrogen and oxygen atoms in total. The Morgan fingerprint density at radius 3 is 2.29 bits per heavy atom. The zero-order valence-electron chi connectivity index (χ0n) is 8.68. The summed E-state index contributed by atoms with van der Waals surface area (Å²) >= 11 is 10.4. The summed E-state index contributed by atoms with van der Waals surface area (Å²) < 4.78 is 2.96. The second kappa shape index (κ2) is 5.42. The Labute approximate surface area is 125 Å². The van der Waals surface area contributed by atoms with Crippen LogP contribution in [0.5, 0.6) is 0 Å². The fourth-order valence-electron chi connectivity index (χ4n) is 1.37. The molecule has 0 bridgehead atoms. The molecule has 0 unspecified atom stereocenters. The van der Waals surface area contributed by atoms with E-state index in [2.05, 4.69) is 53.1 Å². The lowest BCUT2D eigenvalue weighted by Gasteiger charge is -2.11. The largest absolute Gasteiger partial charge is 0.399 e. The molecular weight excluding hydrogens is 412 g/mol. The lowest BCUT2D eigenvalue weighted by molar-refractivity contribution is 1.49. The number of nitrogens with one attached hydrogen (secondary N) is 1. The average Bonchev–Trinajstić information content (AvgIpc) is 2.27. The summed E-state index contributed by atoms with van der Waals surface area (Å²) in [5.74, 6) is 0. The van der Waals surface area contributed by atoms with Crippen molar-refractivity contribution >= 4 is 64.9 Å². The van der Waals surface area contributed by atoms with Crippen LogP contribution in [-0.4, -0.2) is 0 Å². The van der Waals surface area contributed by atoms with Crippen molar-refractivity contribution in [3.8, 4) is 0 Å². The number of nitrogen functional groups attached to an aromatic ring is 1. The fraction of sp³-hybridized carbons (Fsp3) is 0. The number of nitrogens with two attached hydrogens (primary N) is 1. The van der Waals surface area contributed by atoms with Gasteiger partial charge in [-0.15, -0.1) is 0 Å². The first-order chi connectivity index (χ1) is 8.06. The normalized spacial score (nSPS) is 10.3. The lowest BCUT2D eigenvalue weighted by atomic mass is 10.2. The summed E-state index contributed by atoms with van der Waals surface area (Å²) in [5, 5.41) is 3.33. The van der Waals surface area contributed by atoms with Crippen LogP contribution in [0.3, 0.4) is 0 Å². The van der Waals surface area contributed by atoms with Gasteiger partial charge in [-0.2, -0.15) is 0 Å². The van der Waals surface area contributed by atoms with Crippen LogP contribution in [0.4, 0.5) is 17.1 Å². The third kappa shape index (κ3) is 3.24. The van der Waals surface area contributed by atoms with Crippen LogP contribution in [-0.2, 0) is 0 Å². The maximum atomic E-state index is 5.70. The molecule has 0 aliphatic heterocycles. The quantitative estimate of drug-likeness (QED) is 0.647. The number of rotatable bonds is 2. The number of hydrogen-bond acceptors (Lipinski definition) is 2. The Hall–Kier alpha value is -0.520. The molecule has 17 heavy (non-hydrogen) atoms. The Morgan fingerprint density at radius 2 is 1.59 bits per heavy atom. The SMILES string of the molecule is Nc1ccc(Nc2cc(Br)ccc2Br)c(Br)c1. The summed E-state index contributed by atoms with van der Waals surface area (Å²) in [6, 6.07) is 11.6. The molecule has 88 valence electrons. The van der Waals surface area contributed by atoms with E-state index in [9.17, 15) is 0 Å². The van der Waals surface area contributed by atoms with Crippen molar-refractivity contribution in [1.82, 2.24) is 0 Å². The highest BCUT2D eigenvalue weighted by Gasteiger charge is 2.04. The van der Waals surface area contributed by atoms with Gasteiger partial charge in [0.25, 0.3) is 0 Å². The molecule has 0 atom stereocenters. The predicted molar refractivity (Wildman–Crippen MR) is 83.7 cm³/mol. The molecule has 2 rings (SSSR count). The van der Waals surface area contributed by atoms with Gasteiger partial charge in [-0.25, -0.2) is 0 Å². The topological polar surface area (TPSA) is 38.0 Å². The van der Waals surface area contributed by atoms with Gasteiger partial charge in [0.05, 0.1) is 11.4 Å². The Morgan fingerprint density at radius 1 is 0.824 bits per heavy atom. The van der Waals surface area contributed by atoms with Crippen molar-refractivity contribution in [2.24, 2.45) is 0 Å². The minimum atomic E-state index is 0.732. The van der Waals surface area contributed by atoms with Crippen LogP contribution < -0.4 is 11.1 Å². The number of hydrogen-bond donors (Lipinski definition) is 2. The molecule has 0 aliphatic carbocycles. The van der Waals surface area contributed by atoms with Crippen LogP contribution >= 0.6 is 47.8 Å². The molecule has 0 aliphatic rings. The molecule has 3 N–H and O–H groups in total. The predicted octanol–water partition coefficient (Wildman–Crippen LogP) is 5.30. The van der Waals surface area contributed by atoms with E-state index in [0.717, 1.165) is 30.5 Å². The van der Waals surface area contributed by atoms with Gasteiger partial charge >= 0.3 is 0 Å². The van der Waals surface area contributed by atoms with Crippen LogP contribution in [0, 0.1) is 0 Å². The van der Waals surface area contributed by atoms with Gasteiger partial charge in [-0.1, -0.05) is 15.9 Å². The van der Waals surface area contributed by atoms with Crippen LogP contribution in [0.15, 0.2) is 49.8 Å². The van der Waals surface area contributed by atoms with Gasteiger partial charge in [0, 0.05) is 19.1 Å². The first kappa shape index (κ1) is 12.9. The van der Waals surface area contributed by atoms with Crippen LogP contribution in [0.1, 0.15) is 0 Å². The molecule has 2 aromatic rings. The first-order valence-electron chi connectivity index (χ1n) is 4.83. The van der Waals surface area contributed by atoms with Crippen molar-refractivity contribution in [3.05, 3.63) is 49.8 Å². The van der Waals surface area contributed by atoms with E-state index in [4.69, 9.17) is 5.73 Å². The molecule has 2 aromatic carbocycles. The summed E-state index contributed by atoms with van der Waals surface area (Å²) in [5.41, 5.74) is 8.39. The summed E-state index contributed by atoms with van der Waals surface area (Å²) in [6.07, 6.45) is 0. The molecule has 0 amide bonds. The lowest BCUT2D eigenvalue weighted by Crippen LogP contribution is -1.94. The highest BCUT2D eigenvalue weighted by atomic mass is 79.9. The Bertz CT molecular complexity index is 555. The summed E-state index contributed by atoms with van der Waals surface area (Å²) in [4.78, 5) is 0. The van der Waals surface area contributed by atoms with Crippen molar-refractivity contribution in [1.29, 1.82) is 0 Å². The number of benzene rings is 2. The molecule has 0 saturated heterocycles. The highest BCUT2D eigenvalue weighted by Crippen LogP contribution is 2.32. The van der Waals surface area contributed by atoms with E-state index in [-0.39, 0.29) is 0 Å². The molecule has 5 heteroatoms. The Kier molecular flexibility index (Phi) is 4.12. The zero-order valence-corrected chi connectivity index (χ0v) is 13.4. The number of anilines is 3. The minimum absolute atomic E-state index is 0.732. The van der Waals surface area contributed by atoms with E-state index in [1.54, 1.807) is 0 Å². The second-order valence-electron chi connectivity index (χ2n) is 3.49. The van der Waals surface area contributed by atoms with Crippen molar-refractivity contribution in [3.63, 3.8) is 0 Å². The van der Waals surface area contributed by atoms with Crippen LogP contribution in [0.2, 0.25) is 0 Å². The van der Waals surface area contributed by atoms with Gasteiger partial charge in [-0.3, -0.25) is 0 Å². The van der Waals surface area contributed by atoms with Crippen LogP contribution in [0.25, 0.3) is 0 Å². The molecule has 0 heterocycles. The van der Waals surface area contributed by atoms with Gasteiger partial charge in [0.2, 0.25) is 0 Å². The fourth-order valence-corrected chi connectivity index (χ4v) is 2.57. The molecule has 0 saturated carbocycles. The molecule has 0 radical (unpaired) electrons. The molecule has 0 fully saturated rings. The third-order valence-corrected chi connectivity index (χ3v) is 4.03. The van der Waals surface area contributed by atoms with E-state index < -0.39 is 0 Å². The van der Waals surface area contributed by atoms with Crippen molar-refractivity contribution in [2.45, 2.75) is 0 Å². The van der Waals surface area contributed by atoms with E-state index in [1.807, 2.05) is 36.4 Å². The number of halogens is 3. The van der Waals surface area contributed by atoms with Gasteiger partial charge in [-0.05, 0) is 68.3 Å². The molecular formula is C12H9Br3N2. The smallest absolute Gasteiger partial charge is 0.0540 e. The molecule has 0 aromatic heterocycles. The van der Waals surface area contributed by atoms with E-state index >= 15 is 0 Å². The van der Waals surface area contributed by atoms with Gasteiger partial charge in [0.15, 0.2) is 0 Å². The van der Waals surface area contributed by atoms with E-state index in [0.29, 0.717) is 0 Å². The average molecular weight is 421 g/mol. The third-order valence-electron chi connectivity index (χ3n) is 2.19. The maximum absolute atomic E-state index is 5.70.